The Labute approximate surface area is 135 Å². The molecule has 8 heteroatoms. The highest BCUT2D eigenvalue weighted by molar-refractivity contribution is 7.90. The second-order valence-corrected chi connectivity index (χ2v) is 7.57. The largest absolute Gasteiger partial charge is 0.361 e. The van der Waals surface area contributed by atoms with Crippen molar-refractivity contribution in [3.63, 3.8) is 0 Å². The predicted molar refractivity (Wildman–Crippen MR) is 91.0 cm³/mol. The molecule has 0 aliphatic rings. The van der Waals surface area contributed by atoms with Crippen molar-refractivity contribution < 1.29 is 12.8 Å². The Morgan fingerprint density at radius 1 is 1.30 bits per heavy atom. The van der Waals surface area contributed by atoms with Gasteiger partial charge < -0.3 is 15.6 Å². The number of aliphatic imine (C=N–C) groups is 1. The van der Waals surface area contributed by atoms with Gasteiger partial charge in [0.2, 0.25) is 0 Å². The van der Waals surface area contributed by atoms with E-state index < -0.39 is 9.84 Å². The van der Waals surface area contributed by atoms with E-state index in [0.717, 1.165) is 16.5 Å². The Balaban J connectivity index is 1.86. The molecule has 0 atom stereocenters. The van der Waals surface area contributed by atoms with Crippen LogP contribution in [0, 0.1) is 5.82 Å². The summed E-state index contributed by atoms with van der Waals surface area (Å²) in [6.07, 6.45) is 3.75. The predicted octanol–water partition coefficient (Wildman–Crippen LogP) is 1.06. The molecule has 126 valence electrons. The van der Waals surface area contributed by atoms with E-state index in [4.69, 9.17) is 0 Å². The number of sulfone groups is 1. The summed E-state index contributed by atoms with van der Waals surface area (Å²) >= 11 is 0. The molecule has 0 fully saturated rings. The molecule has 0 radical (unpaired) electrons. The summed E-state index contributed by atoms with van der Waals surface area (Å²) in [7, 11) is -1.38. The molecule has 0 aliphatic heterocycles. The molecule has 0 saturated heterocycles. The Morgan fingerprint density at radius 2 is 2.04 bits per heavy atom. The van der Waals surface area contributed by atoms with E-state index in [-0.39, 0.29) is 11.6 Å². The molecule has 2 aromatic rings. The maximum atomic E-state index is 13.3. The average molecular weight is 340 g/mol. The molecule has 0 bridgehead atoms. The topological polar surface area (TPSA) is 86.3 Å². The van der Waals surface area contributed by atoms with E-state index in [9.17, 15) is 12.8 Å². The van der Waals surface area contributed by atoms with Crippen LogP contribution in [0.25, 0.3) is 10.9 Å². The molecule has 0 amide bonds. The molecule has 23 heavy (non-hydrogen) atoms. The number of fused-ring (bicyclic) bond motifs is 1. The Kier molecular flexibility index (Phi) is 5.59. The minimum absolute atomic E-state index is 0.0510. The minimum atomic E-state index is -3.00. The van der Waals surface area contributed by atoms with Crippen LogP contribution in [0.3, 0.4) is 0 Å². The fourth-order valence-corrected chi connectivity index (χ4v) is 2.72. The van der Waals surface area contributed by atoms with E-state index in [1.807, 2.05) is 6.20 Å². The number of rotatable bonds is 6. The van der Waals surface area contributed by atoms with Gasteiger partial charge in [0.1, 0.15) is 15.7 Å². The lowest BCUT2D eigenvalue weighted by Gasteiger charge is -2.11. The first-order valence-corrected chi connectivity index (χ1v) is 9.33. The summed E-state index contributed by atoms with van der Waals surface area (Å²) in [5.41, 5.74) is 1.91. The number of benzene rings is 1. The van der Waals surface area contributed by atoms with Crippen LogP contribution in [-0.2, 0) is 16.3 Å². The van der Waals surface area contributed by atoms with Crippen LogP contribution in [0.2, 0.25) is 0 Å². The molecule has 1 heterocycles. The first kappa shape index (κ1) is 17.3. The van der Waals surface area contributed by atoms with E-state index >= 15 is 0 Å². The average Bonchev–Trinajstić information content (AvgIpc) is 2.87. The molecular weight excluding hydrogens is 319 g/mol. The maximum Gasteiger partial charge on any atom is 0.191 e. The van der Waals surface area contributed by atoms with Gasteiger partial charge in [-0.15, -0.1) is 0 Å². The summed E-state index contributed by atoms with van der Waals surface area (Å²) in [5, 5.41) is 6.92. The number of hydrogen-bond donors (Lipinski definition) is 3. The zero-order valence-electron chi connectivity index (χ0n) is 13.2. The lowest BCUT2D eigenvalue weighted by molar-refractivity contribution is 0.600. The fourth-order valence-electron chi connectivity index (χ4n) is 2.25. The van der Waals surface area contributed by atoms with Crippen molar-refractivity contribution in [1.82, 2.24) is 15.6 Å². The fraction of sp³-hybridized carbons (Fsp3) is 0.400. The summed E-state index contributed by atoms with van der Waals surface area (Å²) in [4.78, 5) is 7.15. The lowest BCUT2D eigenvalue weighted by atomic mass is 10.1. The van der Waals surface area contributed by atoms with Gasteiger partial charge in [0.25, 0.3) is 0 Å². The Bertz CT molecular complexity index is 799. The van der Waals surface area contributed by atoms with Crippen molar-refractivity contribution in [2.24, 2.45) is 4.99 Å². The van der Waals surface area contributed by atoms with Gasteiger partial charge in [0.15, 0.2) is 5.96 Å². The van der Waals surface area contributed by atoms with Gasteiger partial charge in [-0.1, -0.05) is 0 Å². The van der Waals surface area contributed by atoms with Crippen molar-refractivity contribution >= 4 is 26.7 Å². The number of aromatic amines is 1. The molecule has 0 spiro atoms. The summed E-state index contributed by atoms with van der Waals surface area (Å²) < 4.78 is 35.5. The van der Waals surface area contributed by atoms with E-state index in [0.29, 0.717) is 25.5 Å². The van der Waals surface area contributed by atoms with Gasteiger partial charge in [0.05, 0.1) is 5.75 Å². The Morgan fingerprint density at radius 3 is 2.74 bits per heavy atom. The third-order valence-electron chi connectivity index (χ3n) is 3.41. The van der Waals surface area contributed by atoms with Crippen molar-refractivity contribution in [3.8, 4) is 0 Å². The van der Waals surface area contributed by atoms with Crippen molar-refractivity contribution in [2.45, 2.75) is 6.42 Å². The second-order valence-electron chi connectivity index (χ2n) is 5.31. The van der Waals surface area contributed by atoms with Crippen molar-refractivity contribution in [1.29, 1.82) is 0 Å². The van der Waals surface area contributed by atoms with E-state index in [1.165, 1.54) is 18.4 Å². The number of guanidine groups is 1. The number of nitrogens with one attached hydrogen (secondary N) is 3. The van der Waals surface area contributed by atoms with Crippen LogP contribution in [0.5, 0.6) is 0 Å². The Hall–Kier alpha value is -2.09. The minimum Gasteiger partial charge on any atom is -0.361 e. The molecule has 0 aliphatic carbocycles. The summed E-state index contributed by atoms with van der Waals surface area (Å²) in [6.45, 7) is 0.902. The molecule has 6 nitrogen and oxygen atoms in total. The molecule has 0 saturated carbocycles. The first-order valence-electron chi connectivity index (χ1n) is 7.27. The number of halogens is 1. The molecule has 2 rings (SSSR count). The van der Waals surface area contributed by atoms with Gasteiger partial charge in [-0.05, 0) is 30.2 Å². The number of hydrogen-bond acceptors (Lipinski definition) is 3. The van der Waals surface area contributed by atoms with Crippen molar-refractivity contribution in [3.05, 3.63) is 35.8 Å². The zero-order valence-corrected chi connectivity index (χ0v) is 14.0. The molecular formula is C15H21FN4O2S. The summed E-state index contributed by atoms with van der Waals surface area (Å²) in [6, 6.07) is 4.65. The van der Waals surface area contributed by atoms with Gasteiger partial charge in [-0.3, -0.25) is 4.99 Å². The third kappa shape index (κ3) is 5.24. The first-order chi connectivity index (χ1) is 10.9. The molecule has 1 aromatic carbocycles. The van der Waals surface area contributed by atoms with Crippen LogP contribution in [0.4, 0.5) is 4.39 Å². The molecule has 1 aromatic heterocycles. The van der Waals surface area contributed by atoms with Crippen LogP contribution >= 0.6 is 0 Å². The number of H-pyrrole nitrogens is 1. The van der Waals surface area contributed by atoms with E-state index in [2.05, 4.69) is 20.6 Å². The highest BCUT2D eigenvalue weighted by atomic mass is 32.2. The quantitative estimate of drug-likeness (QED) is 0.542. The van der Waals surface area contributed by atoms with Gasteiger partial charge >= 0.3 is 0 Å². The lowest BCUT2D eigenvalue weighted by Crippen LogP contribution is -2.40. The van der Waals surface area contributed by atoms with Crippen LogP contribution in [0.1, 0.15) is 5.56 Å². The monoisotopic (exact) mass is 340 g/mol. The zero-order chi connectivity index (χ0) is 16.9. The number of nitrogens with zero attached hydrogens (tertiary/aromatic N) is 1. The molecule has 0 unspecified atom stereocenters. The highest BCUT2D eigenvalue weighted by Crippen LogP contribution is 2.19. The van der Waals surface area contributed by atoms with Crippen molar-refractivity contribution in [2.75, 3.05) is 32.1 Å². The normalized spacial score (nSPS) is 12.6. The summed E-state index contributed by atoms with van der Waals surface area (Å²) in [5.74, 6) is 0.333. The van der Waals surface area contributed by atoms with Gasteiger partial charge in [0, 0.05) is 43.5 Å². The third-order valence-corrected chi connectivity index (χ3v) is 4.35. The van der Waals surface area contributed by atoms with Crippen LogP contribution in [-0.4, -0.2) is 51.5 Å². The smallest absolute Gasteiger partial charge is 0.191 e. The highest BCUT2D eigenvalue weighted by Gasteiger charge is 2.06. The van der Waals surface area contributed by atoms with E-state index in [1.54, 1.807) is 13.1 Å². The van der Waals surface area contributed by atoms with Gasteiger partial charge in [-0.25, -0.2) is 12.8 Å². The maximum absolute atomic E-state index is 13.3. The SMILES string of the molecule is CN=C(NCCc1c[nH]c2ccc(F)cc12)NCCS(C)(=O)=O. The van der Waals surface area contributed by atoms with Crippen LogP contribution < -0.4 is 10.6 Å². The number of aromatic nitrogens is 1. The van der Waals surface area contributed by atoms with Gasteiger partial charge in [-0.2, -0.15) is 0 Å². The van der Waals surface area contributed by atoms with Crippen LogP contribution in [0.15, 0.2) is 29.4 Å². The molecule has 3 N–H and O–H groups in total. The standard InChI is InChI=1S/C15H21FN4O2S/c1-17-15(19-7-8-23(2,21)22)18-6-5-11-10-20-14-4-3-12(16)9-13(11)14/h3-4,9-10,20H,5-8H2,1-2H3,(H2,17,18,19). The second kappa shape index (κ2) is 7.45.